The first kappa shape index (κ1) is 50.5. The van der Waals surface area contributed by atoms with Crippen molar-refractivity contribution in [3.8, 4) is 5.75 Å². The number of epoxide rings is 1. The van der Waals surface area contributed by atoms with Crippen LogP contribution in [0.15, 0.2) is 24.3 Å². The van der Waals surface area contributed by atoms with E-state index in [1.54, 1.807) is 19.1 Å². The zero-order chi connectivity index (χ0) is 45.9. The molecule has 0 aromatic heterocycles. The van der Waals surface area contributed by atoms with E-state index in [0.29, 0.717) is 62.3 Å². The molecule has 63 heavy (non-hydrogen) atoms. The molecule has 3 saturated heterocycles. The molecular formula is C43H66N8O11S. The minimum Gasteiger partial charge on any atom is -0.508 e. The van der Waals surface area contributed by atoms with Gasteiger partial charge in [0.2, 0.25) is 29.5 Å². The Balaban J connectivity index is 1.12. The molecule has 1 aromatic rings. The van der Waals surface area contributed by atoms with Gasteiger partial charge < -0.3 is 57.5 Å². The highest BCUT2D eigenvalue weighted by Gasteiger charge is 2.52. The van der Waals surface area contributed by atoms with Crippen LogP contribution in [-0.4, -0.2) is 126 Å². The van der Waals surface area contributed by atoms with Crippen molar-refractivity contribution in [3.05, 3.63) is 29.8 Å². The number of primary amides is 1. The van der Waals surface area contributed by atoms with E-state index in [4.69, 9.17) is 15.2 Å². The van der Waals surface area contributed by atoms with Crippen molar-refractivity contribution in [2.75, 3.05) is 25.4 Å². The second kappa shape index (κ2) is 25.9. The van der Waals surface area contributed by atoms with Crippen LogP contribution in [0.25, 0.3) is 0 Å². The number of thioether (sulfide) groups is 1. The summed E-state index contributed by atoms with van der Waals surface area (Å²) in [5.41, 5.74) is 6.23. The van der Waals surface area contributed by atoms with Crippen LogP contribution in [-0.2, 0) is 49.5 Å². The van der Waals surface area contributed by atoms with E-state index in [0.717, 1.165) is 25.0 Å². The maximum Gasteiger partial charge on any atom is 0.338 e. The van der Waals surface area contributed by atoms with Crippen molar-refractivity contribution >= 4 is 59.2 Å². The number of hydrogen-bond acceptors (Lipinski definition) is 12. The summed E-state index contributed by atoms with van der Waals surface area (Å²) in [6, 6.07) is 3.57. The Kier molecular flexibility index (Phi) is 20.7. The maximum absolute atomic E-state index is 13.6. The molecule has 20 heteroatoms. The first-order valence-electron chi connectivity index (χ1n) is 22.2. The lowest BCUT2D eigenvalue weighted by Gasteiger charge is -2.24. The Labute approximate surface area is 373 Å². The number of unbranched alkanes of at least 4 members (excludes halogenated alkanes) is 4. The fourth-order valence-corrected chi connectivity index (χ4v) is 9.10. The van der Waals surface area contributed by atoms with Crippen LogP contribution < -0.4 is 43.0 Å². The minimum absolute atomic E-state index is 0.0131. The number of urea groups is 1. The molecule has 0 saturated carbocycles. The third-order valence-electron chi connectivity index (χ3n) is 11.0. The average Bonchev–Trinajstić information content (AvgIpc) is 3.84. The van der Waals surface area contributed by atoms with Gasteiger partial charge >= 0.3 is 12.0 Å². The van der Waals surface area contributed by atoms with Crippen LogP contribution in [0, 0.1) is 5.92 Å². The molecule has 3 aliphatic rings. The Morgan fingerprint density at radius 3 is 2.24 bits per heavy atom. The molecule has 19 nitrogen and oxygen atoms in total. The van der Waals surface area contributed by atoms with E-state index in [1.165, 1.54) is 12.1 Å². The van der Waals surface area contributed by atoms with Gasteiger partial charge in [-0.05, 0) is 81.9 Å². The summed E-state index contributed by atoms with van der Waals surface area (Å²) in [6.45, 7) is 6.22. The van der Waals surface area contributed by atoms with Crippen LogP contribution in [0.1, 0.15) is 103 Å². The third kappa shape index (κ3) is 17.5. The molecule has 3 aliphatic heterocycles. The number of esters is 1. The molecule has 4 rings (SSSR count). The summed E-state index contributed by atoms with van der Waals surface area (Å²) >= 11 is 1.86. The molecule has 350 valence electrons. The van der Waals surface area contributed by atoms with Gasteiger partial charge in [0.1, 0.15) is 23.9 Å². The van der Waals surface area contributed by atoms with Crippen molar-refractivity contribution < 1.29 is 52.9 Å². The van der Waals surface area contributed by atoms with Gasteiger partial charge in [-0.3, -0.25) is 28.8 Å². The van der Waals surface area contributed by atoms with Gasteiger partial charge in [-0.15, -0.1) is 0 Å². The number of rotatable bonds is 29. The molecule has 0 bridgehead atoms. The fourth-order valence-electron chi connectivity index (χ4n) is 7.56. The van der Waals surface area contributed by atoms with Crippen LogP contribution >= 0.6 is 11.8 Å². The van der Waals surface area contributed by atoms with E-state index in [9.17, 15) is 43.5 Å². The number of carbonyl (C=O) groups is 8. The quantitative estimate of drug-likeness (QED) is 0.0235. The molecule has 3 fully saturated rings. The second-order valence-electron chi connectivity index (χ2n) is 16.7. The lowest BCUT2D eigenvalue weighted by Crippen LogP contribution is -2.55. The van der Waals surface area contributed by atoms with E-state index in [-0.39, 0.29) is 74.0 Å². The van der Waals surface area contributed by atoms with Crippen molar-refractivity contribution in [2.24, 2.45) is 11.7 Å². The number of phenols is 1. The number of aromatic hydroxyl groups is 1. The standard InChI is InChI=1S/C43H66N8O11S/c1-4-61-42(59)37-36(62-37)41(58)49-29(22-25(2)3)40(57)48-30(23-26-16-18-27(52)19-17-26)39(56)46-21-10-5-6-15-34(54)47-28(38(44)55)12-9-11-20-45-33(53)14-8-7-13-32-35-31(24-63-32)50-43(60)51-35/h16-19,25,28-32,35-37,52H,4-15,20-24H2,1-3H3,(H2,44,55)(H,45,53)(H,46,56)(H,47,54)(H,48,57)(H,49,58)(H2,50,51,60)/t28-,29-,30-,31-,32-,35+,36-,37+/m0/s1. The highest BCUT2D eigenvalue weighted by Crippen LogP contribution is 2.33. The number of hydrogen-bond donors (Lipinski definition) is 9. The average molecular weight is 903 g/mol. The molecule has 8 amide bonds. The Hall–Kier alpha value is -5.11. The molecule has 0 unspecified atom stereocenters. The van der Waals surface area contributed by atoms with Crippen LogP contribution in [0.3, 0.4) is 0 Å². The molecule has 0 aliphatic carbocycles. The summed E-state index contributed by atoms with van der Waals surface area (Å²) in [7, 11) is 0. The molecule has 8 atom stereocenters. The van der Waals surface area contributed by atoms with Crippen molar-refractivity contribution in [2.45, 2.75) is 152 Å². The molecule has 3 heterocycles. The van der Waals surface area contributed by atoms with E-state index < -0.39 is 59.9 Å². The topological polar surface area (TPSA) is 289 Å². The number of ether oxygens (including phenoxy) is 2. The predicted molar refractivity (Wildman–Crippen MR) is 234 cm³/mol. The summed E-state index contributed by atoms with van der Waals surface area (Å²) in [5.74, 6) is -2.41. The molecule has 10 N–H and O–H groups in total. The van der Waals surface area contributed by atoms with Gasteiger partial charge in [0, 0.05) is 43.4 Å². The van der Waals surface area contributed by atoms with E-state index in [1.807, 2.05) is 25.6 Å². The Bertz CT molecular complexity index is 1730. The Morgan fingerprint density at radius 2 is 1.52 bits per heavy atom. The van der Waals surface area contributed by atoms with Crippen molar-refractivity contribution in [1.29, 1.82) is 0 Å². The number of carbonyl (C=O) groups excluding carboxylic acids is 8. The number of phenolic OH excluding ortho intramolecular Hbond substituents is 1. The largest absolute Gasteiger partial charge is 0.508 e. The number of fused-ring (bicyclic) bond motifs is 1. The number of benzene rings is 1. The van der Waals surface area contributed by atoms with Crippen LogP contribution in [0.2, 0.25) is 0 Å². The number of nitrogens with one attached hydrogen (secondary N) is 7. The summed E-state index contributed by atoms with van der Waals surface area (Å²) in [4.78, 5) is 101. The molecule has 0 spiro atoms. The normalized spacial score (nSPS) is 21.1. The smallest absolute Gasteiger partial charge is 0.338 e. The molecule has 0 radical (unpaired) electrons. The van der Waals surface area contributed by atoms with E-state index >= 15 is 0 Å². The third-order valence-corrected chi connectivity index (χ3v) is 12.5. The Morgan fingerprint density at radius 1 is 0.825 bits per heavy atom. The number of nitrogens with two attached hydrogens (primary N) is 1. The second-order valence-corrected chi connectivity index (χ2v) is 18.0. The van der Waals surface area contributed by atoms with Gasteiger partial charge in [0.25, 0.3) is 5.91 Å². The fraction of sp³-hybridized carbons (Fsp3) is 0.674. The van der Waals surface area contributed by atoms with Gasteiger partial charge in [0.05, 0.1) is 18.7 Å². The number of amides is 8. The van der Waals surface area contributed by atoms with Gasteiger partial charge in [-0.2, -0.15) is 11.8 Å². The predicted octanol–water partition coefficient (Wildman–Crippen LogP) is 0.940. The summed E-state index contributed by atoms with van der Waals surface area (Å²) in [5, 5.41) is 29.9. The maximum atomic E-state index is 13.6. The highest BCUT2D eigenvalue weighted by atomic mass is 32.2. The summed E-state index contributed by atoms with van der Waals surface area (Å²) in [6.07, 6.45) is 4.53. The minimum atomic E-state index is -1.07. The van der Waals surface area contributed by atoms with Gasteiger partial charge in [0.15, 0.2) is 12.2 Å². The SMILES string of the molecule is CCOC(=O)[C@@H]1O[C@@H]1C(=O)N[C@@H](CC(C)C)C(=O)N[C@@H](Cc1ccc(O)cc1)C(=O)NCCCCCC(=O)N[C@@H](CCCCNC(=O)CCCC[C@@H]1SC[C@@H]2NC(=O)N[C@H]21)C(N)=O. The lowest BCUT2D eigenvalue weighted by molar-refractivity contribution is -0.144. The van der Waals surface area contributed by atoms with E-state index in [2.05, 4.69) is 37.2 Å². The monoisotopic (exact) mass is 902 g/mol. The summed E-state index contributed by atoms with van der Waals surface area (Å²) < 4.78 is 10.1. The van der Waals surface area contributed by atoms with Crippen LogP contribution in [0.4, 0.5) is 4.79 Å². The van der Waals surface area contributed by atoms with Crippen molar-refractivity contribution in [3.63, 3.8) is 0 Å². The van der Waals surface area contributed by atoms with Crippen LogP contribution in [0.5, 0.6) is 5.75 Å². The first-order valence-corrected chi connectivity index (χ1v) is 23.2. The highest BCUT2D eigenvalue weighted by molar-refractivity contribution is 8.00. The lowest BCUT2D eigenvalue weighted by atomic mass is 10.0. The first-order chi connectivity index (χ1) is 30.1. The van der Waals surface area contributed by atoms with Gasteiger partial charge in [-0.1, -0.05) is 38.8 Å². The molecular weight excluding hydrogens is 837 g/mol. The van der Waals surface area contributed by atoms with Crippen molar-refractivity contribution in [1.82, 2.24) is 37.2 Å². The zero-order valence-corrected chi connectivity index (χ0v) is 37.4. The van der Waals surface area contributed by atoms with Gasteiger partial charge in [-0.25, -0.2) is 9.59 Å². The zero-order valence-electron chi connectivity index (χ0n) is 36.5. The molecule has 1 aromatic carbocycles.